The number of alkyl halides is 3. The fourth-order valence-corrected chi connectivity index (χ4v) is 4.55. The van der Waals surface area contributed by atoms with Crippen molar-refractivity contribution in [2.24, 2.45) is 0 Å². The highest BCUT2D eigenvalue weighted by atomic mass is 32.2. The van der Waals surface area contributed by atoms with E-state index in [4.69, 9.17) is 0 Å². The van der Waals surface area contributed by atoms with E-state index in [0.717, 1.165) is 29.5 Å². The molecule has 0 saturated carbocycles. The Hall–Kier alpha value is -3.08. The van der Waals surface area contributed by atoms with Gasteiger partial charge in [0.15, 0.2) is 0 Å². The summed E-state index contributed by atoms with van der Waals surface area (Å²) in [5.41, 5.74) is 0.303. The quantitative estimate of drug-likeness (QED) is 0.477. The molecule has 0 aliphatic carbocycles. The number of anilines is 1. The van der Waals surface area contributed by atoms with Crippen LogP contribution in [0.2, 0.25) is 0 Å². The molecule has 2 amide bonds. The number of rotatable bonds is 11. The molecule has 2 aromatic carbocycles. The molecule has 0 aliphatic heterocycles. The van der Waals surface area contributed by atoms with Crippen LogP contribution in [-0.4, -0.2) is 50.5 Å². The fraction of sp³-hybridized carbons (Fsp3) is 0.440. The van der Waals surface area contributed by atoms with Gasteiger partial charge in [-0.2, -0.15) is 13.2 Å². The van der Waals surface area contributed by atoms with Gasteiger partial charge in [-0.15, -0.1) is 0 Å². The molecule has 11 heteroatoms. The number of aryl methyl sites for hydroxylation is 1. The first-order valence-electron chi connectivity index (χ1n) is 11.6. The summed E-state index contributed by atoms with van der Waals surface area (Å²) in [6.07, 6.45) is -2.93. The van der Waals surface area contributed by atoms with E-state index in [2.05, 4.69) is 5.32 Å². The number of carbonyl (C=O) groups excluding carboxylic acids is 2. The Morgan fingerprint density at radius 3 is 2.28 bits per heavy atom. The zero-order valence-corrected chi connectivity index (χ0v) is 21.6. The summed E-state index contributed by atoms with van der Waals surface area (Å²) >= 11 is 0. The molecule has 0 saturated heterocycles. The zero-order valence-electron chi connectivity index (χ0n) is 20.8. The third-order valence-corrected chi connectivity index (χ3v) is 6.82. The minimum Gasteiger partial charge on any atom is -0.354 e. The lowest BCUT2D eigenvalue weighted by atomic mass is 10.1. The highest BCUT2D eigenvalue weighted by Gasteiger charge is 2.34. The smallest absolute Gasteiger partial charge is 0.354 e. The molecule has 2 aromatic rings. The SMILES string of the molecule is CCCNC(=O)[C@@H](CC)N(Cc1ccccc1C)C(=O)CN(c1cccc(C(F)(F)F)c1)S(C)(=O)=O. The Morgan fingerprint density at radius 1 is 1.06 bits per heavy atom. The molecule has 0 heterocycles. The Labute approximate surface area is 210 Å². The van der Waals surface area contributed by atoms with E-state index in [-0.39, 0.29) is 24.6 Å². The van der Waals surface area contributed by atoms with Crippen LogP contribution in [0.1, 0.15) is 43.4 Å². The molecule has 0 bridgehead atoms. The predicted molar refractivity (Wildman–Crippen MR) is 133 cm³/mol. The summed E-state index contributed by atoms with van der Waals surface area (Å²) in [4.78, 5) is 27.8. The number of nitrogens with zero attached hydrogens (tertiary/aromatic N) is 2. The Balaban J connectivity index is 2.49. The molecule has 7 nitrogen and oxygen atoms in total. The Kier molecular flexibility index (Phi) is 9.92. The summed E-state index contributed by atoms with van der Waals surface area (Å²) in [6.45, 7) is 5.14. The van der Waals surface area contributed by atoms with Gasteiger partial charge >= 0.3 is 6.18 Å². The van der Waals surface area contributed by atoms with Crippen molar-refractivity contribution in [1.29, 1.82) is 0 Å². The molecule has 0 aromatic heterocycles. The van der Waals surface area contributed by atoms with Crippen molar-refractivity contribution in [3.8, 4) is 0 Å². The topological polar surface area (TPSA) is 86.8 Å². The van der Waals surface area contributed by atoms with Crippen LogP contribution in [0.4, 0.5) is 18.9 Å². The van der Waals surface area contributed by atoms with Gasteiger partial charge in [-0.1, -0.05) is 44.2 Å². The van der Waals surface area contributed by atoms with E-state index in [1.807, 2.05) is 26.0 Å². The Bertz CT molecular complexity index is 1170. The average Bonchev–Trinajstić information content (AvgIpc) is 2.80. The average molecular weight is 528 g/mol. The van der Waals surface area contributed by atoms with E-state index in [1.165, 1.54) is 11.0 Å². The monoisotopic (exact) mass is 527 g/mol. The molecule has 0 fully saturated rings. The lowest BCUT2D eigenvalue weighted by Gasteiger charge is -2.33. The van der Waals surface area contributed by atoms with Crippen LogP contribution < -0.4 is 9.62 Å². The third kappa shape index (κ3) is 7.71. The normalized spacial score (nSPS) is 12.6. The van der Waals surface area contributed by atoms with Gasteiger partial charge in [-0.25, -0.2) is 8.42 Å². The van der Waals surface area contributed by atoms with Crippen LogP contribution in [0.25, 0.3) is 0 Å². The van der Waals surface area contributed by atoms with E-state index in [1.54, 1.807) is 19.1 Å². The van der Waals surface area contributed by atoms with Crippen molar-refractivity contribution in [2.45, 2.75) is 52.4 Å². The summed E-state index contributed by atoms with van der Waals surface area (Å²) in [5, 5.41) is 2.77. The van der Waals surface area contributed by atoms with Crippen molar-refractivity contribution < 1.29 is 31.2 Å². The number of nitrogens with one attached hydrogen (secondary N) is 1. The molecule has 0 spiro atoms. The van der Waals surface area contributed by atoms with E-state index in [0.29, 0.717) is 23.3 Å². The van der Waals surface area contributed by atoms with Crippen LogP contribution in [0.15, 0.2) is 48.5 Å². The Morgan fingerprint density at radius 2 is 1.72 bits per heavy atom. The molecular formula is C25H32F3N3O4S. The van der Waals surface area contributed by atoms with Crippen molar-refractivity contribution in [1.82, 2.24) is 10.2 Å². The lowest BCUT2D eigenvalue weighted by molar-refractivity contribution is -0.140. The first-order chi connectivity index (χ1) is 16.8. The van der Waals surface area contributed by atoms with Gasteiger partial charge in [0, 0.05) is 13.1 Å². The summed E-state index contributed by atoms with van der Waals surface area (Å²) in [6, 6.07) is 10.1. The molecule has 0 radical (unpaired) electrons. The van der Waals surface area contributed by atoms with Gasteiger partial charge < -0.3 is 10.2 Å². The maximum Gasteiger partial charge on any atom is 0.416 e. The van der Waals surface area contributed by atoms with E-state index in [9.17, 15) is 31.2 Å². The minimum absolute atomic E-state index is 0.0315. The molecule has 36 heavy (non-hydrogen) atoms. The standard InChI is InChI=1S/C25H32F3N3O4S/c1-5-14-29-24(33)22(6-2)30(16-19-11-8-7-10-18(19)3)23(32)17-31(36(4,34)35)21-13-9-12-20(15-21)25(26,27)28/h7-13,15,22H,5-6,14,16-17H2,1-4H3,(H,29,33)/t22-/m1/s1. The zero-order chi connectivity index (χ0) is 27.1. The van der Waals surface area contributed by atoms with Gasteiger partial charge in [0.05, 0.1) is 17.5 Å². The van der Waals surface area contributed by atoms with E-state index >= 15 is 0 Å². The molecule has 2 rings (SSSR count). The van der Waals surface area contributed by atoms with Gasteiger partial charge in [-0.3, -0.25) is 13.9 Å². The highest BCUT2D eigenvalue weighted by Crippen LogP contribution is 2.32. The molecular weight excluding hydrogens is 495 g/mol. The van der Waals surface area contributed by atoms with Gasteiger partial charge in [0.1, 0.15) is 12.6 Å². The second-order valence-corrected chi connectivity index (χ2v) is 10.4. The number of hydrogen-bond acceptors (Lipinski definition) is 4. The second-order valence-electron chi connectivity index (χ2n) is 8.48. The largest absolute Gasteiger partial charge is 0.416 e. The third-order valence-electron chi connectivity index (χ3n) is 5.68. The number of hydrogen-bond donors (Lipinski definition) is 1. The van der Waals surface area contributed by atoms with E-state index < -0.39 is 40.3 Å². The predicted octanol–water partition coefficient (Wildman–Crippen LogP) is 4.11. The van der Waals surface area contributed by atoms with Crippen LogP contribution in [0, 0.1) is 6.92 Å². The van der Waals surface area contributed by atoms with Crippen LogP contribution >= 0.6 is 0 Å². The maximum absolute atomic E-state index is 13.6. The summed E-state index contributed by atoms with van der Waals surface area (Å²) in [7, 11) is -4.14. The van der Waals surface area contributed by atoms with Crippen molar-refractivity contribution in [3.05, 3.63) is 65.2 Å². The minimum atomic E-state index is -4.69. The number of benzene rings is 2. The molecule has 1 atom stereocenters. The van der Waals surface area contributed by atoms with Crippen LogP contribution in [-0.2, 0) is 32.3 Å². The first kappa shape index (κ1) is 29.2. The maximum atomic E-state index is 13.6. The van der Waals surface area contributed by atoms with Crippen molar-refractivity contribution in [2.75, 3.05) is 23.7 Å². The van der Waals surface area contributed by atoms with Gasteiger partial charge in [0.25, 0.3) is 0 Å². The molecule has 0 unspecified atom stereocenters. The molecule has 0 aliphatic rings. The van der Waals surface area contributed by atoms with Crippen LogP contribution in [0.5, 0.6) is 0 Å². The van der Waals surface area contributed by atoms with Crippen LogP contribution in [0.3, 0.4) is 0 Å². The molecule has 198 valence electrons. The van der Waals surface area contributed by atoms with Gasteiger partial charge in [-0.05, 0) is 49.1 Å². The number of halogens is 3. The number of amides is 2. The number of carbonyl (C=O) groups is 2. The highest BCUT2D eigenvalue weighted by molar-refractivity contribution is 7.92. The first-order valence-corrected chi connectivity index (χ1v) is 13.4. The molecule has 1 N–H and O–H groups in total. The fourth-order valence-electron chi connectivity index (χ4n) is 3.71. The number of sulfonamides is 1. The summed E-state index contributed by atoms with van der Waals surface area (Å²) < 4.78 is 65.5. The van der Waals surface area contributed by atoms with Crippen molar-refractivity contribution in [3.63, 3.8) is 0 Å². The summed E-state index contributed by atoms with van der Waals surface area (Å²) in [5.74, 6) is -1.09. The second kappa shape index (κ2) is 12.2. The van der Waals surface area contributed by atoms with Gasteiger partial charge in [0.2, 0.25) is 21.8 Å². The lowest BCUT2D eigenvalue weighted by Crippen LogP contribution is -2.52. The van der Waals surface area contributed by atoms with Crippen molar-refractivity contribution >= 4 is 27.5 Å².